The molecule has 0 saturated carbocycles. The SMILES string of the molecule is CC(C)CNC(=O)C(C#N)C(=O)c1ccc(-c2noc(C(F)(F)F)n2)cc1. The van der Waals surface area contributed by atoms with Crippen molar-refractivity contribution in [2.45, 2.75) is 20.0 Å². The number of amides is 1. The topological polar surface area (TPSA) is 109 Å². The van der Waals surface area contributed by atoms with Gasteiger partial charge in [-0.2, -0.15) is 23.4 Å². The minimum absolute atomic E-state index is 0.0598. The van der Waals surface area contributed by atoms with Gasteiger partial charge in [0.25, 0.3) is 0 Å². The Kier molecular flexibility index (Phi) is 5.95. The molecule has 0 aliphatic rings. The second kappa shape index (κ2) is 7.99. The second-order valence-electron chi connectivity index (χ2n) is 6.06. The number of Topliss-reactive ketones (excluding diaryl/α,β-unsaturated/α-hetero) is 1. The van der Waals surface area contributed by atoms with Crippen LogP contribution in [0, 0.1) is 23.2 Å². The lowest BCUT2D eigenvalue weighted by Gasteiger charge is -2.11. The molecule has 0 saturated heterocycles. The first-order valence-electron chi connectivity index (χ1n) is 7.86. The van der Waals surface area contributed by atoms with Gasteiger partial charge < -0.3 is 9.84 Å². The molecular weight excluding hydrogens is 365 g/mol. The van der Waals surface area contributed by atoms with Crippen LogP contribution in [0.1, 0.15) is 30.1 Å². The second-order valence-corrected chi connectivity index (χ2v) is 6.06. The largest absolute Gasteiger partial charge is 0.471 e. The predicted molar refractivity (Wildman–Crippen MR) is 86.0 cm³/mol. The zero-order chi connectivity index (χ0) is 20.2. The van der Waals surface area contributed by atoms with Crippen LogP contribution in [0.15, 0.2) is 28.8 Å². The maximum absolute atomic E-state index is 12.5. The van der Waals surface area contributed by atoms with E-state index < -0.39 is 29.7 Å². The normalized spacial score (nSPS) is 12.5. The predicted octanol–water partition coefficient (Wildman–Crippen LogP) is 2.85. The molecule has 0 bridgehead atoms. The number of alkyl halides is 3. The van der Waals surface area contributed by atoms with Crippen LogP contribution in [0.3, 0.4) is 0 Å². The molecule has 7 nitrogen and oxygen atoms in total. The molecule has 2 rings (SSSR count). The molecule has 1 N–H and O–H groups in total. The fraction of sp³-hybridized carbons (Fsp3) is 0.353. The van der Waals surface area contributed by atoms with Gasteiger partial charge in [0.15, 0.2) is 11.7 Å². The zero-order valence-electron chi connectivity index (χ0n) is 14.4. The van der Waals surface area contributed by atoms with E-state index in [0.717, 1.165) is 0 Å². The Labute approximate surface area is 152 Å². The standard InChI is InChI=1S/C17H15F3N4O3/c1-9(2)8-22-15(26)12(7-21)13(25)10-3-5-11(6-4-10)14-23-16(27-24-14)17(18,19)20/h3-6,9,12H,8H2,1-2H3,(H,22,26). The Balaban J connectivity index is 2.16. The van der Waals surface area contributed by atoms with Gasteiger partial charge in [0.1, 0.15) is 0 Å². The smallest absolute Gasteiger partial charge is 0.354 e. The van der Waals surface area contributed by atoms with E-state index in [9.17, 15) is 22.8 Å². The number of halogens is 3. The molecule has 1 atom stereocenters. The molecule has 0 radical (unpaired) electrons. The molecule has 1 heterocycles. The monoisotopic (exact) mass is 380 g/mol. The van der Waals surface area contributed by atoms with Crippen LogP contribution >= 0.6 is 0 Å². The summed E-state index contributed by atoms with van der Waals surface area (Å²) in [6.45, 7) is 4.05. The van der Waals surface area contributed by atoms with Gasteiger partial charge in [0.05, 0.1) is 6.07 Å². The third kappa shape index (κ3) is 4.91. The van der Waals surface area contributed by atoms with Crippen LogP contribution in [-0.4, -0.2) is 28.4 Å². The number of nitrogens with one attached hydrogen (secondary N) is 1. The van der Waals surface area contributed by atoms with E-state index >= 15 is 0 Å². The van der Waals surface area contributed by atoms with Crippen molar-refractivity contribution >= 4 is 11.7 Å². The average molecular weight is 380 g/mol. The van der Waals surface area contributed by atoms with Gasteiger partial charge in [0.2, 0.25) is 11.7 Å². The summed E-state index contributed by atoms with van der Waals surface area (Å²) in [5.41, 5.74) is 0.244. The lowest BCUT2D eigenvalue weighted by molar-refractivity contribution is -0.159. The van der Waals surface area contributed by atoms with Crippen molar-refractivity contribution in [1.29, 1.82) is 5.26 Å². The molecule has 1 aromatic heterocycles. The number of hydrogen-bond acceptors (Lipinski definition) is 6. The van der Waals surface area contributed by atoms with Gasteiger partial charge in [-0.05, 0) is 5.92 Å². The quantitative estimate of drug-likeness (QED) is 0.610. The molecule has 142 valence electrons. The van der Waals surface area contributed by atoms with Crippen molar-refractivity contribution in [3.05, 3.63) is 35.7 Å². The van der Waals surface area contributed by atoms with E-state index in [-0.39, 0.29) is 22.9 Å². The number of hydrogen-bond donors (Lipinski definition) is 1. The highest BCUT2D eigenvalue weighted by atomic mass is 19.4. The maximum Gasteiger partial charge on any atom is 0.471 e. The molecule has 0 aliphatic carbocycles. The molecule has 0 fully saturated rings. The third-order valence-electron chi connectivity index (χ3n) is 3.43. The minimum atomic E-state index is -4.76. The molecule has 10 heteroatoms. The first kappa shape index (κ1) is 20.1. The molecule has 2 aromatic rings. The number of carbonyl (C=O) groups excluding carboxylic acids is 2. The van der Waals surface area contributed by atoms with Crippen LogP contribution in [0.2, 0.25) is 0 Å². The Bertz CT molecular complexity index is 867. The van der Waals surface area contributed by atoms with Gasteiger partial charge in [-0.3, -0.25) is 9.59 Å². The summed E-state index contributed by atoms with van der Waals surface area (Å²) in [6.07, 6.45) is -4.76. The Morgan fingerprint density at radius 2 is 1.89 bits per heavy atom. The summed E-state index contributed by atoms with van der Waals surface area (Å²) in [5, 5.41) is 14.9. The number of ketones is 1. The number of nitriles is 1. The van der Waals surface area contributed by atoms with Crippen molar-refractivity contribution in [2.24, 2.45) is 11.8 Å². The fourth-order valence-corrected chi connectivity index (χ4v) is 2.05. The van der Waals surface area contributed by atoms with Crippen LogP contribution in [0.5, 0.6) is 0 Å². The van der Waals surface area contributed by atoms with E-state index in [1.165, 1.54) is 24.3 Å². The summed E-state index contributed by atoms with van der Waals surface area (Å²) >= 11 is 0. The minimum Gasteiger partial charge on any atom is -0.354 e. The summed E-state index contributed by atoms with van der Waals surface area (Å²) in [7, 11) is 0. The number of nitrogens with zero attached hydrogens (tertiary/aromatic N) is 3. The Hall–Kier alpha value is -3.22. The summed E-state index contributed by atoms with van der Waals surface area (Å²) in [6, 6.07) is 6.83. The molecule has 0 aliphatic heterocycles. The van der Waals surface area contributed by atoms with Gasteiger partial charge in [-0.1, -0.05) is 43.3 Å². The lowest BCUT2D eigenvalue weighted by atomic mass is 9.97. The van der Waals surface area contributed by atoms with Crippen molar-refractivity contribution < 1.29 is 27.3 Å². The number of carbonyl (C=O) groups is 2. The molecule has 0 spiro atoms. The van der Waals surface area contributed by atoms with Gasteiger partial charge in [-0.25, -0.2) is 0 Å². The van der Waals surface area contributed by atoms with Crippen molar-refractivity contribution in [3.8, 4) is 17.5 Å². The van der Waals surface area contributed by atoms with Gasteiger partial charge in [-0.15, -0.1) is 0 Å². The van der Waals surface area contributed by atoms with Crippen LogP contribution in [-0.2, 0) is 11.0 Å². The zero-order valence-corrected chi connectivity index (χ0v) is 14.4. The summed E-state index contributed by atoms with van der Waals surface area (Å²) in [4.78, 5) is 27.6. The third-order valence-corrected chi connectivity index (χ3v) is 3.43. The highest BCUT2D eigenvalue weighted by Crippen LogP contribution is 2.29. The summed E-state index contributed by atoms with van der Waals surface area (Å²) in [5.74, 6) is -4.56. The van der Waals surface area contributed by atoms with E-state index in [4.69, 9.17) is 5.26 Å². The maximum atomic E-state index is 12.5. The summed E-state index contributed by atoms with van der Waals surface area (Å²) < 4.78 is 41.6. The first-order chi connectivity index (χ1) is 12.6. The van der Waals surface area contributed by atoms with E-state index in [2.05, 4.69) is 20.0 Å². The highest BCUT2D eigenvalue weighted by molar-refractivity contribution is 6.12. The van der Waals surface area contributed by atoms with Gasteiger partial charge >= 0.3 is 12.1 Å². The molecule has 27 heavy (non-hydrogen) atoms. The van der Waals surface area contributed by atoms with Crippen molar-refractivity contribution in [3.63, 3.8) is 0 Å². The van der Waals surface area contributed by atoms with Crippen LogP contribution in [0.4, 0.5) is 13.2 Å². The van der Waals surface area contributed by atoms with E-state index in [1.54, 1.807) is 6.07 Å². The Morgan fingerprint density at radius 3 is 2.37 bits per heavy atom. The van der Waals surface area contributed by atoms with Crippen LogP contribution < -0.4 is 5.32 Å². The van der Waals surface area contributed by atoms with Crippen LogP contribution in [0.25, 0.3) is 11.4 Å². The molecule has 1 unspecified atom stereocenters. The van der Waals surface area contributed by atoms with Gasteiger partial charge in [0, 0.05) is 17.7 Å². The number of rotatable bonds is 6. The average Bonchev–Trinajstić information content (AvgIpc) is 3.11. The van der Waals surface area contributed by atoms with E-state index in [1.807, 2.05) is 13.8 Å². The van der Waals surface area contributed by atoms with E-state index in [0.29, 0.717) is 6.54 Å². The highest BCUT2D eigenvalue weighted by Gasteiger charge is 2.38. The molecule has 1 aromatic carbocycles. The number of benzene rings is 1. The first-order valence-corrected chi connectivity index (χ1v) is 7.86. The molecular formula is C17H15F3N4O3. The number of aromatic nitrogens is 2. The van der Waals surface area contributed by atoms with Crippen molar-refractivity contribution in [1.82, 2.24) is 15.5 Å². The fourth-order valence-electron chi connectivity index (χ4n) is 2.05. The lowest BCUT2D eigenvalue weighted by Crippen LogP contribution is -2.36. The Morgan fingerprint density at radius 1 is 1.26 bits per heavy atom. The van der Waals surface area contributed by atoms with Crippen molar-refractivity contribution in [2.75, 3.05) is 6.54 Å². The molecule has 1 amide bonds.